The number of anilines is 1. The van der Waals surface area contributed by atoms with Gasteiger partial charge in [0.2, 0.25) is 21.8 Å². The molecule has 34 heavy (non-hydrogen) atoms. The van der Waals surface area contributed by atoms with Gasteiger partial charge in [-0.3, -0.25) is 13.9 Å². The molecule has 2 amide bonds. The van der Waals surface area contributed by atoms with Crippen LogP contribution in [0.5, 0.6) is 0 Å². The van der Waals surface area contributed by atoms with E-state index in [-0.39, 0.29) is 28.2 Å². The van der Waals surface area contributed by atoms with Gasteiger partial charge in [-0.25, -0.2) is 8.42 Å². The predicted octanol–water partition coefficient (Wildman–Crippen LogP) is 4.14. The Hall–Kier alpha value is -2.29. The summed E-state index contributed by atoms with van der Waals surface area (Å²) >= 11 is 12.3. The maximum atomic E-state index is 13.5. The molecule has 0 saturated heterocycles. The molecule has 1 N–H and O–H groups in total. The molecule has 2 rings (SSSR count). The third-order valence-electron chi connectivity index (χ3n) is 5.28. The van der Waals surface area contributed by atoms with Crippen molar-refractivity contribution >= 4 is 50.7 Å². The van der Waals surface area contributed by atoms with Crippen LogP contribution in [0.15, 0.2) is 48.5 Å². The zero-order valence-corrected chi connectivity index (χ0v) is 22.0. The lowest BCUT2D eigenvalue weighted by Crippen LogP contribution is -2.53. The topological polar surface area (TPSA) is 86.8 Å². The number of carbonyl (C=O) groups excluding carboxylic acids is 2. The summed E-state index contributed by atoms with van der Waals surface area (Å²) in [6, 6.07) is 13.3. The lowest BCUT2D eigenvalue weighted by Gasteiger charge is -2.33. The molecule has 0 spiro atoms. The molecule has 1 atom stereocenters. The van der Waals surface area contributed by atoms with Crippen LogP contribution >= 0.6 is 23.2 Å². The fourth-order valence-corrected chi connectivity index (χ4v) is 4.82. The number of sulfonamides is 1. The van der Waals surface area contributed by atoms with Crippen LogP contribution < -0.4 is 9.62 Å². The van der Waals surface area contributed by atoms with Crippen molar-refractivity contribution in [1.29, 1.82) is 0 Å². The molecule has 10 heteroatoms. The van der Waals surface area contributed by atoms with Crippen molar-refractivity contribution in [2.24, 2.45) is 0 Å². The van der Waals surface area contributed by atoms with E-state index >= 15 is 0 Å². The molecule has 0 unspecified atom stereocenters. The van der Waals surface area contributed by atoms with Gasteiger partial charge in [-0.15, -0.1) is 0 Å². The van der Waals surface area contributed by atoms with Crippen molar-refractivity contribution in [3.8, 4) is 0 Å². The molecule has 0 fully saturated rings. The highest BCUT2D eigenvalue weighted by atomic mass is 35.5. The van der Waals surface area contributed by atoms with Gasteiger partial charge in [-0.1, -0.05) is 67.4 Å². The molecule has 0 aromatic heterocycles. The Morgan fingerprint density at radius 3 is 2.32 bits per heavy atom. The molecule has 0 saturated carbocycles. The maximum Gasteiger partial charge on any atom is 0.244 e. The molecule has 2 aromatic carbocycles. The van der Waals surface area contributed by atoms with Crippen molar-refractivity contribution in [3.63, 3.8) is 0 Å². The first kappa shape index (κ1) is 28.0. The third kappa shape index (κ3) is 7.89. The average Bonchev–Trinajstić information content (AvgIpc) is 2.80. The Labute approximate surface area is 212 Å². The van der Waals surface area contributed by atoms with Crippen LogP contribution in [0.4, 0.5) is 5.69 Å². The number of halogens is 2. The minimum atomic E-state index is -3.88. The summed E-state index contributed by atoms with van der Waals surface area (Å²) in [6.07, 6.45) is 2.65. The second-order valence-electron chi connectivity index (χ2n) is 7.90. The molecule has 0 radical (unpaired) electrons. The summed E-state index contributed by atoms with van der Waals surface area (Å²) in [5.74, 6) is -0.770. The first-order valence-corrected chi connectivity index (χ1v) is 13.7. The highest BCUT2D eigenvalue weighted by molar-refractivity contribution is 7.92. The minimum Gasteiger partial charge on any atom is -0.354 e. The lowest BCUT2D eigenvalue weighted by atomic mass is 10.1. The SMILES string of the molecule is CCCNC(=O)[C@H](CC)N(CCc1ccccc1)C(=O)CN(c1cc(Cl)ccc1Cl)S(C)(=O)=O. The van der Waals surface area contributed by atoms with E-state index in [2.05, 4.69) is 5.32 Å². The van der Waals surface area contributed by atoms with E-state index in [9.17, 15) is 18.0 Å². The van der Waals surface area contributed by atoms with E-state index in [1.165, 1.54) is 23.1 Å². The normalized spacial score (nSPS) is 12.1. The van der Waals surface area contributed by atoms with Crippen LogP contribution in [-0.2, 0) is 26.0 Å². The largest absolute Gasteiger partial charge is 0.354 e. The van der Waals surface area contributed by atoms with Gasteiger partial charge in [-0.2, -0.15) is 0 Å². The van der Waals surface area contributed by atoms with Gasteiger partial charge in [0.15, 0.2) is 0 Å². The molecule has 0 aliphatic carbocycles. The number of carbonyl (C=O) groups is 2. The monoisotopic (exact) mass is 527 g/mol. The Kier molecular flexibility index (Phi) is 10.7. The number of rotatable bonds is 12. The molecular formula is C24H31Cl2N3O4S. The van der Waals surface area contributed by atoms with Crippen molar-refractivity contribution < 1.29 is 18.0 Å². The summed E-state index contributed by atoms with van der Waals surface area (Å²) in [5, 5.41) is 3.27. The Morgan fingerprint density at radius 2 is 1.74 bits per heavy atom. The number of benzene rings is 2. The van der Waals surface area contributed by atoms with Gasteiger partial charge >= 0.3 is 0 Å². The quantitative estimate of drug-likeness (QED) is 0.449. The van der Waals surface area contributed by atoms with Crippen LogP contribution in [0.2, 0.25) is 10.0 Å². The minimum absolute atomic E-state index is 0.108. The van der Waals surface area contributed by atoms with Crippen molar-refractivity contribution in [3.05, 3.63) is 64.1 Å². The summed E-state index contributed by atoms with van der Waals surface area (Å²) in [7, 11) is -3.88. The van der Waals surface area contributed by atoms with Crippen LogP contribution in [0, 0.1) is 0 Å². The molecule has 186 valence electrons. The molecule has 0 aliphatic heterocycles. The van der Waals surface area contributed by atoms with E-state index < -0.39 is 28.5 Å². The standard InChI is InChI=1S/C24H31Cl2N3O4S/c1-4-14-27-24(31)21(5-2)28(15-13-18-9-7-6-8-10-18)23(30)17-29(34(3,32)33)22-16-19(25)11-12-20(22)26/h6-12,16,21H,4-5,13-15,17H2,1-3H3,(H,27,31)/t21-/m0/s1. The third-order valence-corrected chi connectivity index (χ3v) is 6.96. The Bertz CT molecular complexity index is 1080. The highest BCUT2D eigenvalue weighted by Gasteiger charge is 2.32. The molecule has 7 nitrogen and oxygen atoms in total. The van der Waals surface area contributed by atoms with Crippen LogP contribution in [0.25, 0.3) is 0 Å². The van der Waals surface area contributed by atoms with Crippen LogP contribution in [0.3, 0.4) is 0 Å². The summed E-state index contributed by atoms with van der Waals surface area (Å²) in [5.41, 5.74) is 1.11. The van der Waals surface area contributed by atoms with Gasteiger partial charge in [-0.05, 0) is 43.0 Å². The van der Waals surface area contributed by atoms with Gasteiger partial charge in [0.25, 0.3) is 0 Å². The Balaban J connectivity index is 2.38. The van der Waals surface area contributed by atoms with Crippen molar-refractivity contribution in [2.45, 2.75) is 39.2 Å². The zero-order valence-electron chi connectivity index (χ0n) is 19.6. The summed E-state index contributed by atoms with van der Waals surface area (Å²) in [4.78, 5) is 27.9. The van der Waals surface area contributed by atoms with E-state index in [0.717, 1.165) is 22.5 Å². The van der Waals surface area contributed by atoms with Crippen molar-refractivity contribution in [1.82, 2.24) is 10.2 Å². The van der Waals surface area contributed by atoms with Crippen LogP contribution in [0.1, 0.15) is 32.3 Å². The first-order chi connectivity index (χ1) is 16.1. The summed E-state index contributed by atoms with van der Waals surface area (Å²) in [6.45, 7) is 4.00. The van der Waals surface area contributed by atoms with E-state index in [0.29, 0.717) is 19.4 Å². The fraction of sp³-hybridized carbons (Fsp3) is 0.417. The molecule has 0 heterocycles. The highest BCUT2D eigenvalue weighted by Crippen LogP contribution is 2.30. The molecule has 0 bridgehead atoms. The van der Waals surface area contributed by atoms with E-state index in [1.54, 1.807) is 0 Å². The number of hydrogen-bond acceptors (Lipinski definition) is 4. The zero-order chi connectivity index (χ0) is 25.3. The van der Waals surface area contributed by atoms with Gasteiger partial charge in [0.1, 0.15) is 12.6 Å². The smallest absolute Gasteiger partial charge is 0.244 e. The van der Waals surface area contributed by atoms with Gasteiger partial charge < -0.3 is 10.2 Å². The maximum absolute atomic E-state index is 13.5. The number of hydrogen-bond donors (Lipinski definition) is 1. The van der Waals surface area contributed by atoms with E-state index in [4.69, 9.17) is 23.2 Å². The van der Waals surface area contributed by atoms with Crippen LogP contribution in [-0.4, -0.2) is 57.1 Å². The second kappa shape index (κ2) is 13.0. The van der Waals surface area contributed by atoms with Crippen molar-refractivity contribution in [2.75, 3.05) is 30.2 Å². The first-order valence-electron chi connectivity index (χ1n) is 11.1. The van der Waals surface area contributed by atoms with E-state index in [1.807, 2.05) is 44.2 Å². The summed E-state index contributed by atoms with van der Waals surface area (Å²) < 4.78 is 26.2. The van der Waals surface area contributed by atoms with Gasteiger partial charge in [0, 0.05) is 18.1 Å². The number of amides is 2. The average molecular weight is 529 g/mol. The second-order valence-corrected chi connectivity index (χ2v) is 10.7. The fourth-order valence-electron chi connectivity index (χ4n) is 3.53. The number of nitrogens with one attached hydrogen (secondary N) is 1. The number of nitrogens with zero attached hydrogens (tertiary/aromatic N) is 2. The Morgan fingerprint density at radius 1 is 1.06 bits per heavy atom. The molecular weight excluding hydrogens is 497 g/mol. The molecule has 0 aliphatic rings. The molecule has 2 aromatic rings. The lowest BCUT2D eigenvalue weighted by molar-refractivity contribution is -0.139. The predicted molar refractivity (Wildman–Crippen MR) is 138 cm³/mol. The van der Waals surface area contributed by atoms with Gasteiger partial charge in [0.05, 0.1) is 17.0 Å².